The monoisotopic (exact) mass is 298 g/mol. The van der Waals surface area contributed by atoms with E-state index >= 15 is 0 Å². The van der Waals surface area contributed by atoms with Crippen molar-refractivity contribution >= 4 is 15.9 Å². The molecular formula is C13H19BrN2O. The van der Waals surface area contributed by atoms with E-state index in [-0.39, 0.29) is 11.5 Å². The van der Waals surface area contributed by atoms with Crippen molar-refractivity contribution in [2.75, 3.05) is 26.8 Å². The number of halogens is 1. The van der Waals surface area contributed by atoms with Crippen molar-refractivity contribution in [1.29, 1.82) is 0 Å². The summed E-state index contributed by atoms with van der Waals surface area (Å²) >= 11 is 3.53. The molecule has 0 radical (unpaired) electrons. The largest absolute Gasteiger partial charge is 0.380 e. The van der Waals surface area contributed by atoms with Crippen molar-refractivity contribution in [1.82, 2.24) is 5.32 Å². The lowest BCUT2D eigenvalue weighted by Gasteiger charge is -2.47. The average Bonchev–Trinajstić information content (AvgIpc) is 2.27. The Labute approximate surface area is 111 Å². The van der Waals surface area contributed by atoms with Gasteiger partial charge in [-0.3, -0.25) is 0 Å². The Morgan fingerprint density at radius 1 is 1.53 bits per heavy atom. The van der Waals surface area contributed by atoms with Gasteiger partial charge < -0.3 is 15.8 Å². The molecule has 94 valence electrons. The van der Waals surface area contributed by atoms with Crippen LogP contribution in [0.5, 0.6) is 0 Å². The summed E-state index contributed by atoms with van der Waals surface area (Å²) in [5.74, 6) is 0. The van der Waals surface area contributed by atoms with Crippen molar-refractivity contribution in [2.45, 2.75) is 13.0 Å². The molecule has 1 saturated heterocycles. The van der Waals surface area contributed by atoms with E-state index in [1.54, 1.807) is 0 Å². The van der Waals surface area contributed by atoms with E-state index in [9.17, 15) is 0 Å². The topological polar surface area (TPSA) is 47.3 Å². The Kier molecular flexibility index (Phi) is 3.88. The van der Waals surface area contributed by atoms with Crippen molar-refractivity contribution in [3.8, 4) is 0 Å². The first-order valence-corrected chi connectivity index (χ1v) is 6.63. The van der Waals surface area contributed by atoms with Crippen LogP contribution >= 0.6 is 15.9 Å². The molecule has 1 heterocycles. The van der Waals surface area contributed by atoms with Gasteiger partial charge >= 0.3 is 0 Å². The number of benzene rings is 1. The fraction of sp³-hybridized carbons (Fsp3) is 0.538. The lowest BCUT2D eigenvalue weighted by Crippen LogP contribution is -2.55. The van der Waals surface area contributed by atoms with Gasteiger partial charge in [0, 0.05) is 22.5 Å². The second-order valence-electron chi connectivity index (χ2n) is 4.78. The summed E-state index contributed by atoms with van der Waals surface area (Å²) in [4.78, 5) is 0. The van der Waals surface area contributed by atoms with Crippen LogP contribution in [-0.2, 0) is 4.74 Å². The highest BCUT2D eigenvalue weighted by Gasteiger charge is 2.45. The Morgan fingerprint density at radius 2 is 2.24 bits per heavy atom. The summed E-state index contributed by atoms with van der Waals surface area (Å²) in [6, 6.07) is 6.62. The minimum atomic E-state index is 0.0420. The molecule has 4 heteroatoms. The van der Waals surface area contributed by atoms with Crippen LogP contribution in [0, 0.1) is 12.3 Å². The zero-order valence-electron chi connectivity index (χ0n) is 10.3. The molecule has 0 bridgehead atoms. The van der Waals surface area contributed by atoms with Gasteiger partial charge in [0.25, 0.3) is 0 Å². The maximum absolute atomic E-state index is 5.94. The van der Waals surface area contributed by atoms with E-state index in [0.29, 0.717) is 6.54 Å². The molecule has 0 amide bonds. The maximum atomic E-state index is 5.94. The molecule has 3 nitrogen and oxygen atoms in total. The Morgan fingerprint density at radius 3 is 2.71 bits per heavy atom. The van der Waals surface area contributed by atoms with Gasteiger partial charge in [-0.05, 0) is 37.2 Å². The van der Waals surface area contributed by atoms with Gasteiger partial charge in [0.1, 0.15) is 0 Å². The number of aryl methyl sites for hydroxylation is 1. The highest BCUT2D eigenvalue weighted by atomic mass is 79.9. The second kappa shape index (κ2) is 5.06. The first-order chi connectivity index (χ1) is 8.13. The van der Waals surface area contributed by atoms with Crippen molar-refractivity contribution < 1.29 is 4.74 Å². The van der Waals surface area contributed by atoms with E-state index < -0.39 is 0 Å². The summed E-state index contributed by atoms with van der Waals surface area (Å²) in [6.45, 7) is 4.25. The smallest absolute Gasteiger partial charge is 0.0575 e. The highest BCUT2D eigenvalue weighted by Crippen LogP contribution is 2.41. The molecule has 3 N–H and O–H groups in total. The van der Waals surface area contributed by atoms with Crippen molar-refractivity contribution in [3.05, 3.63) is 33.8 Å². The number of nitrogens with two attached hydrogens (primary N) is 1. The summed E-state index contributed by atoms with van der Waals surface area (Å²) in [5, 5.41) is 3.40. The molecule has 1 aliphatic heterocycles. The molecule has 1 atom stereocenters. The van der Waals surface area contributed by atoms with E-state index in [1.807, 2.05) is 7.05 Å². The lowest BCUT2D eigenvalue weighted by molar-refractivity contribution is -0.126. The molecule has 1 unspecified atom stereocenters. The molecule has 0 saturated carbocycles. The van der Waals surface area contributed by atoms with Crippen molar-refractivity contribution in [2.24, 2.45) is 11.1 Å². The number of ether oxygens (including phenoxy) is 1. The van der Waals surface area contributed by atoms with Crippen LogP contribution in [0.3, 0.4) is 0 Å². The normalized spacial score (nSPS) is 19.8. The molecule has 0 spiro atoms. The minimum Gasteiger partial charge on any atom is -0.380 e. The summed E-state index contributed by atoms with van der Waals surface area (Å²) in [6.07, 6.45) is 0. The fourth-order valence-corrected chi connectivity index (χ4v) is 2.86. The molecule has 0 aromatic heterocycles. The molecule has 1 aromatic rings. The summed E-state index contributed by atoms with van der Waals surface area (Å²) in [7, 11) is 1.99. The average molecular weight is 299 g/mol. The van der Waals surface area contributed by atoms with Gasteiger partial charge in [0.15, 0.2) is 0 Å². The quantitative estimate of drug-likeness (QED) is 0.894. The number of nitrogens with one attached hydrogen (secondary N) is 1. The van der Waals surface area contributed by atoms with E-state index in [4.69, 9.17) is 10.5 Å². The third kappa shape index (κ3) is 2.27. The molecule has 1 aromatic carbocycles. The Balaban J connectivity index is 2.37. The van der Waals surface area contributed by atoms with Crippen LogP contribution in [-0.4, -0.2) is 26.8 Å². The van der Waals surface area contributed by atoms with Gasteiger partial charge in [0.05, 0.1) is 13.2 Å². The molecule has 17 heavy (non-hydrogen) atoms. The summed E-state index contributed by atoms with van der Waals surface area (Å²) < 4.78 is 6.47. The molecular weight excluding hydrogens is 280 g/mol. The minimum absolute atomic E-state index is 0.0420. The van der Waals surface area contributed by atoms with Crippen LogP contribution in [0.4, 0.5) is 0 Å². The Bertz CT molecular complexity index is 399. The number of hydrogen-bond acceptors (Lipinski definition) is 3. The molecule has 0 aliphatic carbocycles. The summed E-state index contributed by atoms with van der Waals surface area (Å²) in [5.41, 5.74) is 8.57. The van der Waals surface area contributed by atoms with Gasteiger partial charge in [-0.1, -0.05) is 22.0 Å². The van der Waals surface area contributed by atoms with E-state index in [1.165, 1.54) is 11.1 Å². The first kappa shape index (κ1) is 13.0. The lowest BCUT2D eigenvalue weighted by atomic mass is 9.74. The van der Waals surface area contributed by atoms with Gasteiger partial charge in [-0.15, -0.1) is 0 Å². The Hall–Kier alpha value is -0.420. The van der Waals surface area contributed by atoms with Crippen LogP contribution in [0.2, 0.25) is 0 Å². The zero-order valence-corrected chi connectivity index (χ0v) is 11.9. The van der Waals surface area contributed by atoms with Crippen LogP contribution in [0.15, 0.2) is 22.7 Å². The third-order valence-corrected chi connectivity index (χ3v) is 4.13. The van der Waals surface area contributed by atoms with Gasteiger partial charge in [-0.2, -0.15) is 0 Å². The maximum Gasteiger partial charge on any atom is 0.0575 e. The van der Waals surface area contributed by atoms with Crippen molar-refractivity contribution in [3.63, 3.8) is 0 Å². The molecule has 1 aliphatic rings. The third-order valence-electron chi connectivity index (χ3n) is 3.64. The van der Waals surface area contributed by atoms with E-state index in [2.05, 4.69) is 46.4 Å². The molecule has 2 rings (SSSR count). The number of rotatable bonds is 4. The van der Waals surface area contributed by atoms with Gasteiger partial charge in [-0.25, -0.2) is 0 Å². The van der Waals surface area contributed by atoms with Crippen LogP contribution in [0.25, 0.3) is 0 Å². The first-order valence-electron chi connectivity index (χ1n) is 5.84. The van der Waals surface area contributed by atoms with Crippen LogP contribution in [0.1, 0.15) is 17.2 Å². The predicted molar refractivity (Wildman–Crippen MR) is 73.0 cm³/mol. The standard InChI is InChI=1S/C13H19BrN2O/c1-9-3-4-10(14)5-11(9)12(16-2)13(6-15)7-17-8-13/h3-5,12,16H,6-8,15H2,1-2H3. The van der Waals surface area contributed by atoms with Gasteiger partial charge in [0.2, 0.25) is 0 Å². The second-order valence-corrected chi connectivity index (χ2v) is 5.70. The number of hydrogen-bond donors (Lipinski definition) is 2. The van der Waals surface area contributed by atoms with E-state index in [0.717, 1.165) is 17.7 Å². The highest BCUT2D eigenvalue weighted by molar-refractivity contribution is 9.10. The molecule has 1 fully saturated rings. The fourth-order valence-electron chi connectivity index (χ4n) is 2.48. The van der Waals surface area contributed by atoms with Crippen LogP contribution < -0.4 is 11.1 Å². The SMILES string of the molecule is CNC(c1cc(Br)ccc1C)C1(CN)COC1. The predicted octanol–water partition coefficient (Wildman–Crippen LogP) is 1.99. The zero-order chi connectivity index (χ0) is 12.5.